The van der Waals surface area contributed by atoms with Crippen molar-refractivity contribution >= 4 is 65.0 Å². The van der Waals surface area contributed by atoms with E-state index in [-0.39, 0.29) is 5.41 Å². The molecule has 0 atom stereocenters. The molecular formula is C49H32O. The van der Waals surface area contributed by atoms with Crippen LogP contribution in [0.25, 0.3) is 98.4 Å². The molecule has 1 aliphatic rings. The maximum Gasteiger partial charge on any atom is 0.136 e. The second-order valence-corrected chi connectivity index (χ2v) is 14.4. The second kappa shape index (κ2) is 9.94. The summed E-state index contributed by atoms with van der Waals surface area (Å²) in [6.07, 6.45) is 0. The molecule has 11 rings (SSSR count). The molecule has 1 aromatic heterocycles. The van der Waals surface area contributed by atoms with Crippen molar-refractivity contribution in [1.82, 2.24) is 0 Å². The highest BCUT2D eigenvalue weighted by Crippen LogP contribution is 2.55. The highest BCUT2D eigenvalue weighted by atomic mass is 16.3. The minimum atomic E-state index is -0.198. The Kier molecular flexibility index (Phi) is 5.51. The van der Waals surface area contributed by atoms with Crippen LogP contribution in [0.4, 0.5) is 0 Å². The van der Waals surface area contributed by atoms with E-state index in [2.05, 4.69) is 166 Å². The Balaban J connectivity index is 1.19. The van der Waals surface area contributed by atoms with Crippen molar-refractivity contribution in [3.63, 3.8) is 0 Å². The number of para-hydroxylation sites is 1. The lowest BCUT2D eigenvalue weighted by atomic mass is 9.79. The molecule has 0 aliphatic heterocycles. The van der Waals surface area contributed by atoms with Gasteiger partial charge in [0.05, 0.1) is 0 Å². The maximum absolute atomic E-state index is 6.42. The van der Waals surface area contributed by atoms with Gasteiger partial charge in [0.2, 0.25) is 0 Å². The Bertz CT molecular complexity index is 3060. The predicted octanol–water partition coefficient (Wildman–Crippen LogP) is 13.8. The zero-order chi connectivity index (χ0) is 33.1. The van der Waals surface area contributed by atoms with Gasteiger partial charge in [0.15, 0.2) is 0 Å². The first-order valence-electron chi connectivity index (χ1n) is 17.5. The molecule has 10 aromatic rings. The fraction of sp³-hybridized carbons (Fsp3) is 0.0612. The van der Waals surface area contributed by atoms with E-state index in [0.29, 0.717) is 0 Å². The molecule has 234 valence electrons. The van der Waals surface area contributed by atoms with Gasteiger partial charge in [-0.3, -0.25) is 0 Å². The average Bonchev–Trinajstić information content (AvgIpc) is 3.63. The van der Waals surface area contributed by atoms with Gasteiger partial charge in [0.1, 0.15) is 11.2 Å². The van der Waals surface area contributed by atoms with Gasteiger partial charge in [-0.25, -0.2) is 0 Å². The molecule has 0 bridgehead atoms. The largest absolute Gasteiger partial charge is 0.456 e. The second-order valence-electron chi connectivity index (χ2n) is 14.4. The minimum absolute atomic E-state index is 0.198. The molecule has 50 heavy (non-hydrogen) atoms. The molecule has 1 heteroatoms. The third-order valence-electron chi connectivity index (χ3n) is 11.4. The van der Waals surface area contributed by atoms with Crippen LogP contribution in [-0.4, -0.2) is 0 Å². The maximum atomic E-state index is 6.42. The van der Waals surface area contributed by atoms with Gasteiger partial charge in [-0.1, -0.05) is 135 Å². The summed E-state index contributed by atoms with van der Waals surface area (Å²) in [5, 5.41) is 12.6. The van der Waals surface area contributed by atoms with Crippen LogP contribution in [-0.2, 0) is 5.41 Å². The first-order valence-corrected chi connectivity index (χ1v) is 17.5. The van der Waals surface area contributed by atoms with Crippen LogP contribution in [0.3, 0.4) is 0 Å². The molecule has 1 aliphatic carbocycles. The van der Waals surface area contributed by atoms with Crippen LogP contribution in [0.5, 0.6) is 0 Å². The first kappa shape index (κ1) is 27.7. The molecule has 0 spiro atoms. The van der Waals surface area contributed by atoms with E-state index in [4.69, 9.17) is 4.42 Å². The van der Waals surface area contributed by atoms with Gasteiger partial charge in [0, 0.05) is 16.2 Å². The Hall–Kier alpha value is -6.18. The molecule has 0 amide bonds. The Morgan fingerprint density at radius 2 is 0.960 bits per heavy atom. The van der Waals surface area contributed by atoms with Gasteiger partial charge < -0.3 is 4.42 Å². The molecule has 0 saturated heterocycles. The smallest absolute Gasteiger partial charge is 0.136 e. The van der Waals surface area contributed by atoms with E-state index in [0.717, 1.165) is 21.9 Å². The monoisotopic (exact) mass is 636 g/mol. The fourth-order valence-corrected chi connectivity index (χ4v) is 9.01. The van der Waals surface area contributed by atoms with Crippen LogP contribution >= 0.6 is 0 Å². The van der Waals surface area contributed by atoms with Crippen molar-refractivity contribution in [2.45, 2.75) is 19.3 Å². The number of fused-ring (bicyclic) bond motifs is 11. The predicted molar refractivity (Wildman–Crippen MR) is 212 cm³/mol. The standard InChI is InChI=1S/C49H32O/c1-49(2)42-27-32(46-35-15-7-4-12-30(35)25-41-34-14-6-3-11-29(34)19-23-39(41)46)21-24-40(42)48-43(49)26-31-13-5-8-16-36(31)47(48)33-20-22-38-37-17-9-10-18-44(37)50-45(38)28-33/h3-28H,1-2H3. The highest BCUT2D eigenvalue weighted by Gasteiger charge is 2.38. The first-order chi connectivity index (χ1) is 24.5. The van der Waals surface area contributed by atoms with Gasteiger partial charge in [0.25, 0.3) is 0 Å². The Morgan fingerprint density at radius 3 is 1.78 bits per heavy atom. The summed E-state index contributed by atoms with van der Waals surface area (Å²) in [5.74, 6) is 0. The summed E-state index contributed by atoms with van der Waals surface area (Å²) in [7, 11) is 0. The summed E-state index contributed by atoms with van der Waals surface area (Å²) < 4.78 is 6.42. The third kappa shape index (κ3) is 3.72. The van der Waals surface area contributed by atoms with Crippen molar-refractivity contribution in [1.29, 1.82) is 0 Å². The van der Waals surface area contributed by atoms with Crippen molar-refractivity contribution in [3.8, 4) is 33.4 Å². The average molecular weight is 637 g/mol. The van der Waals surface area contributed by atoms with E-state index in [9.17, 15) is 0 Å². The van der Waals surface area contributed by atoms with E-state index in [1.807, 2.05) is 6.07 Å². The van der Waals surface area contributed by atoms with Crippen molar-refractivity contribution in [2.75, 3.05) is 0 Å². The third-order valence-corrected chi connectivity index (χ3v) is 11.4. The number of rotatable bonds is 2. The molecule has 1 heterocycles. The highest BCUT2D eigenvalue weighted by molar-refractivity contribution is 6.20. The van der Waals surface area contributed by atoms with E-state index < -0.39 is 0 Å². The summed E-state index contributed by atoms with van der Waals surface area (Å²) >= 11 is 0. The summed E-state index contributed by atoms with van der Waals surface area (Å²) in [5.41, 5.74) is 12.1. The summed E-state index contributed by atoms with van der Waals surface area (Å²) in [6, 6.07) is 58.2. The zero-order valence-corrected chi connectivity index (χ0v) is 27.9. The van der Waals surface area contributed by atoms with E-state index in [1.165, 1.54) is 87.6 Å². The number of hydrogen-bond acceptors (Lipinski definition) is 1. The van der Waals surface area contributed by atoms with Crippen molar-refractivity contribution < 1.29 is 4.42 Å². The molecular weight excluding hydrogens is 605 g/mol. The lowest BCUT2D eigenvalue weighted by Gasteiger charge is -2.23. The Labute approximate surface area is 290 Å². The molecule has 0 fully saturated rings. The SMILES string of the molecule is CC1(C)c2cc(-c3c4ccccc4cc4c3ccc3ccccc34)ccc2-c2c1cc1ccccc1c2-c1ccc2c(c1)oc1ccccc12. The van der Waals surface area contributed by atoms with Gasteiger partial charge in [-0.2, -0.15) is 0 Å². The molecule has 0 radical (unpaired) electrons. The molecule has 9 aromatic carbocycles. The molecule has 0 saturated carbocycles. The Morgan fingerprint density at radius 1 is 0.360 bits per heavy atom. The lowest BCUT2D eigenvalue weighted by Crippen LogP contribution is -2.15. The van der Waals surface area contributed by atoms with Crippen LogP contribution < -0.4 is 0 Å². The zero-order valence-electron chi connectivity index (χ0n) is 27.9. The van der Waals surface area contributed by atoms with Gasteiger partial charge in [-0.05, 0) is 124 Å². The molecule has 1 nitrogen and oxygen atoms in total. The van der Waals surface area contributed by atoms with E-state index in [1.54, 1.807) is 0 Å². The number of hydrogen-bond donors (Lipinski definition) is 0. The summed E-state index contributed by atoms with van der Waals surface area (Å²) in [6.45, 7) is 4.80. The normalized spacial score (nSPS) is 13.6. The lowest BCUT2D eigenvalue weighted by molar-refractivity contribution is 0.661. The van der Waals surface area contributed by atoms with Crippen LogP contribution in [0.15, 0.2) is 162 Å². The van der Waals surface area contributed by atoms with Crippen molar-refractivity contribution in [3.05, 3.63) is 169 Å². The number of benzene rings is 9. The molecule has 0 unspecified atom stereocenters. The quantitative estimate of drug-likeness (QED) is 0.136. The van der Waals surface area contributed by atoms with Gasteiger partial charge >= 0.3 is 0 Å². The van der Waals surface area contributed by atoms with Crippen LogP contribution in [0.2, 0.25) is 0 Å². The fourth-order valence-electron chi connectivity index (χ4n) is 9.01. The number of furan rings is 1. The minimum Gasteiger partial charge on any atom is -0.456 e. The topological polar surface area (TPSA) is 13.1 Å². The van der Waals surface area contributed by atoms with Crippen LogP contribution in [0, 0.1) is 0 Å². The van der Waals surface area contributed by atoms with E-state index >= 15 is 0 Å². The van der Waals surface area contributed by atoms with Crippen LogP contribution in [0.1, 0.15) is 25.0 Å². The summed E-state index contributed by atoms with van der Waals surface area (Å²) in [4.78, 5) is 0. The van der Waals surface area contributed by atoms with Crippen molar-refractivity contribution in [2.24, 2.45) is 0 Å². The van der Waals surface area contributed by atoms with Gasteiger partial charge in [-0.15, -0.1) is 0 Å². The molecule has 0 N–H and O–H groups in total.